The molecule has 0 spiro atoms. The van der Waals surface area contributed by atoms with Crippen LogP contribution in [-0.4, -0.2) is 49.0 Å². The summed E-state index contributed by atoms with van der Waals surface area (Å²) in [6.07, 6.45) is 0.862. The molecule has 4 rings (SSSR count). The summed E-state index contributed by atoms with van der Waals surface area (Å²) in [5.41, 5.74) is 3.68. The Kier molecular flexibility index (Phi) is 6.30. The lowest BCUT2D eigenvalue weighted by atomic mass is 9.97. The van der Waals surface area contributed by atoms with Gasteiger partial charge in [0.1, 0.15) is 11.3 Å². The number of carbonyl (C=O) groups excluding carboxylic acids is 1. The van der Waals surface area contributed by atoms with Gasteiger partial charge in [0.2, 0.25) is 5.76 Å². The molecule has 1 amide bonds. The maximum atomic E-state index is 13.7. The van der Waals surface area contributed by atoms with Gasteiger partial charge in [-0.2, -0.15) is 0 Å². The summed E-state index contributed by atoms with van der Waals surface area (Å²) in [4.78, 5) is 31.0. The van der Waals surface area contributed by atoms with Crippen LogP contribution in [0.1, 0.15) is 59.1 Å². The number of aryl methyl sites for hydroxylation is 2. The predicted molar refractivity (Wildman–Crippen MR) is 130 cm³/mol. The zero-order valence-electron chi connectivity index (χ0n) is 20.3. The van der Waals surface area contributed by atoms with Crippen molar-refractivity contribution in [1.82, 2.24) is 9.80 Å². The van der Waals surface area contributed by atoms with E-state index in [2.05, 4.69) is 4.90 Å². The highest BCUT2D eigenvalue weighted by Gasteiger charge is 2.42. The molecule has 1 aromatic heterocycles. The second-order valence-corrected chi connectivity index (χ2v) is 9.40. The Bertz CT molecular complexity index is 1240. The number of benzene rings is 2. The minimum absolute atomic E-state index is 0.0669. The third-order valence-electron chi connectivity index (χ3n) is 6.15. The van der Waals surface area contributed by atoms with Crippen LogP contribution < -0.4 is 10.2 Å². The molecule has 1 atom stereocenters. The van der Waals surface area contributed by atoms with E-state index in [-0.39, 0.29) is 23.2 Å². The number of hydrogen-bond acceptors (Lipinski definition) is 5. The molecule has 1 aliphatic heterocycles. The number of hydrogen-bond donors (Lipinski definition) is 0. The van der Waals surface area contributed by atoms with E-state index in [1.165, 1.54) is 0 Å². The van der Waals surface area contributed by atoms with Crippen molar-refractivity contribution >= 4 is 16.9 Å². The first-order valence-corrected chi connectivity index (χ1v) is 11.5. The summed E-state index contributed by atoms with van der Waals surface area (Å²) in [6, 6.07) is 10.9. The van der Waals surface area contributed by atoms with Gasteiger partial charge in [-0.15, -0.1) is 0 Å². The molecule has 0 saturated heterocycles. The molecular formula is C27H32N2O4. The van der Waals surface area contributed by atoms with Crippen LogP contribution in [0.4, 0.5) is 0 Å². The fourth-order valence-electron chi connectivity index (χ4n) is 4.41. The van der Waals surface area contributed by atoms with Gasteiger partial charge in [0.15, 0.2) is 5.43 Å². The van der Waals surface area contributed by atoms with Crippen molar-refractivity contribution in [3.63, 3.8) is 0 Å². The van der Waals surface area contributed by atoms with Gasteiger partial charge in [0, 0.05) is 6.54 Å². The Morgan fingerprint density at radius 1 is 1.06 bits per heavy atom. The molecule has 2 heterocycles. The standard InChI is InChI=1S/C27H32N2O4/c1-16(2)32-20-10-8-19(9-11-20)24-23-25(30)21-14-17(3)18(4)15-22(21)33-26(23)27(31)29(24)13-7-12-28(5)6/h8-11,14-16,24H,7,12-13H2,1-6H3. The van der Waals surface area contributed by atoms with Gasteiger partial charge in [0.25, 0.3) is 5.91 Å². The van der Waals surface area contributed by atoms with Gasteiger partial charge in [-0.3, -0.25) is 9.59 Å². The normalized spacial score (nSPS) is 15.7. The second kappa shape index (κ2) is 9.02. The average molecular weight is 449 g/mol. The Balaban J connectivity index is 1.84. The largest absolute Gasteiger partial charge is 0.491 e. The van der Waals surface area contributed by atoms with E-state index in [0.717, 1.165) is 35.4 Å². The molecule has 3 aromatic rings. The number of carbonyl (C=O) groups is 1. The molecule has 6 heteroatoms. The summed E-state index contributed by atoms with van der Waals surface area (Å²) in [5, 5.41) is 0.518. The number of rotatable bonds is 7. The number of fused-ring (bicyclic) bond motifs is 2. The van der Waals surface area contributed by atoms with Crippen molar-refractivity contribution in [2.24, 2.45) is 0 Å². The van der Waals surface area contributed by atoms with E-state index >= 15 is 0 Å². The fourth-order valence-corrected chi connectivity index (χ4v) is 4.41. The molecule has 1 aliphatic rings. The van der Waals surface area contributed by atoms with Crippen LogP contribution >= 0.6 is 0 Å². The zero-order chi connectivity index (χ0) is 23.9. The van der Waals surface area contributed by atoms with E-state index in [9.17, 15) is 9.59 Å². The quantitative estimate of drug-likeness (QED) is 0.525. The smallest absolute Gasteiger partial charge is 0.290 e. The van der Waals surface area contributed by atoms with Gasteiger partial charge in [-0.05, 0) is 95.7 Å². The lowest BCUT2D eigenvalue weighted by Gasteiger charge is -2.26. The Labute approximate surface area is 194 Å². The lowest BCUT2D eigenvalue weighted by molar-refractivity contribution is 0.0722. The molecule has 0 radical (unpaired) electrons. The van der Waals surface area contributed by atoms with Crippen molar-refractivity contribution in [2.75, 3.05) is 27.2 Å². The third-order valence-corrected chi connectivity index (χ3v) is 6.15. The van der Waals surface area contributed by atoms with E-state index < -0.39 is 6.04 Å². The maximum Gasteiger partial charge on any atom is 0.290 e. The van der Waals surface area contributed by atoms with E-state index in [1.54, 1.807) is 4.90 Å². The van der Waals surface area contributed by atoms with Gasteiger partial charge in [0.05, 0.1) is 23.1 Å². The number of nitrogens with zero attached hydrogens (tertiary/aromatic N) is 2. The van der Waals surface area contributed by atoms with Crippen LogP contribution in [0.15, 0.2) is 45.6 Å². The minimum Gasteiger partial charge on any atom is -0.491 e. The average Bonchev–Trinajstić information content (AvgIpc) is 3.02. The third kappa shape index (κ3) is 4.40. The highest BCUT2D eigenvalue weighted by atomic mass is 16.5. The lowest BCUT2D eigenvalue weighted by Crippen LogP contribution is -2.32. The van der Waals surface area contributed by atoms with Gasteiger partial charge in [-0.25, -0.2) is 0 Å². The maximum absolute atomic E-state index is 13.7. The summed E-state index contributed by atoms with van der Waals surface area (Å²) in [5.74, 6) is 0.690. The second-order valence-electron chi connectivity index (χ2n) is 9.40. The number of ether oxygens (including phenoxy) is 1. The van der Waals surface area contributed by atoms with Crippen LogP contribution in [0.25, 0.3) is 11.0 Å². The van der Waals surface area contributed by atoms with Gasteiger partial charge < -0.3 is 19.0 Å². The highest BCUT2D eigenvalue weighted by Crippen LogP contribution is 2.39. The first-order valence-electron chi connectivity index (χ1n) is 11.5. The molecule has 0 fully saturated rings. The fraction of sp³-hybridized carbons (Fsp3) is 0.407. The Morgan fingerprint density at radius 3 is 2.36 bits per heavy atom. The molecule has 33 heavy (non-hydrogen) atoms. The van der Waals surface area contributed by atoms with Crippen molar-refractivity contribution < 1.29 is 13.9 Å². The Morgan fingerprint density at radius 2 is 1.73 bits per heavy atom. The van der Waals surface area contributed by atoms with Crippen molar-refractivity contribution in [1.29, 1.82) is 0 Å². The monoisotopic (exact) mass is 448 g/mol. The Hall–Kier alpha value is -3.12. The topological polar surface area (TPSA) is 63.0 Å². The van der Waals surface area contributed by atoms with Crippen molar-refractivity contribution in [3.8, 4) is 5.75 Å². The van der Waals surface area contributed by atoms with Gasteiger partial charge >= 0.3 is 0 Å². The van der Waals surface area contributed by atoms with Crippen molar-refractivity contribution in [3.05, 3.63) is 74.6 Å². The van der Waals surface area contributed by atoms with Crippen LogP contribution in [0.5, 0.6) is 5.75 Å². The predicted octanol–water partition coefficient (Wildman–Crippen LogP) is 4.69. The molecule has 174 valence electrons. The van der Waals surface area contributed by atoms with Crippen LogP contribution in [-0.2, 0) is 0 Å². The van der Waals surface area contributed by atoms with E-state index in [4.69, 9.17) is 9.15 Å². The molecular weight excluding hydrogens is 416 g/mol. The summed E-state index contributed by atoms with van der Waals surface area (Å²) >= 11 is 0. The molecule has 0 aliphatic carbocycles. The summed E-state index contributed by atoms with van der Waals surface area (Å²) < 4.78 is 11.9. The van der Waals surface area contributed by atoms with Crippen molar-refractivity contribution in [2.45, 2.75) is 46.3 Å². The van der Waals surface area contributed by atoms with E-state index in [1.807, 2.05) is 78.2 Å². The molecule has 2 aromatic carbocycles. The first-order chi connectivity index (χ1) is 15.7. The summed E-state index contributed by atoms with van der Waals surface area (Å²) in [7, 11) is 4.02. The molecule has 0 saturated carbocycles. The van der Waals surface area contributed by atoms with E-state index in [0.29, 0.717) is 23.1 Å². The van der Waals surface area contributed by atoms with Crippen LogP contribution in [0, 0.1) is 13.8 Å². The molecule has 0 bridgehead atoms. The van der Waals surface area contributed by atoms with Crippen LogP contribution in [0.3, 0.4) is 0 Å². The SMILES string of the molecule is Cc1cc2oc3c(c(=O)c2cc1C)C(c1ccc(OC(C)C)cc1)N(CCCN(C)C)C3=O. The molecule has 0 N–H and O–H groups in total. The zero-order valence-corrected chi connectivity index (χ0v) is 20.3. The molecule has 6 nitrogen and oxygen atoms in total. The minimum atomic E-state index is -0.481. The first kappa shape index (κ1) is 23.1. The van der Waals surface area contributed by atoms with Gasteiger partial charge in [-0.1, -0.05) is 12.1 Å². The van der Waals surface area contributed by atoms with Crippen LogP contribution in [0.2, 0.25) is 0 Å². The summed E-state index contributed by atoms with van der Waals surface area (Å²) in [6.45, 7) is 9.28. The molecule has 1 unspecified atom stereocenters. The number of amides is 1. The highest BCUT2D eigenvalue weighted by molar-refractivity contribution is 5.99.